The van der Waals surface area contributed by atoms with Gasteiger partial charge in [-0.15, -0.1) is 12.4 Å². The van der Waals surface area contributed by atoms with Crippen LogP contribution in [0.4, 0.5) is 0 Å². The normalized spacial score (nSPS) is 45.9. The first-order chi connectivity index (χ1) is 4.67. The molecule has 1 aliphatic carbocycles. The Kier molecular flexibility index (Phi) is 1.89. The van der Waals surface area contributed by atoms with Crippen molar-refractivity contribution in [3.63, 3.8) is 0 Å². The summed E-state index contributed by atoms with van der Waals surface area (Å²) in [6.07, 6.45) is 0.837. The van der Waals surface area contributed by atoms with Gasteiger partial charge in [0.2, 0.25) is 0 Å². The van der Waals surface area contributed by atoms with Gasteiger partial charge in [0.15, 0.2) is 0 Å². The summed E-state index contributed by atoms with van der Waals surface area (Å²) in [5.41, 5.74) is -0.537. The number of nitrogens with one attached hydrogen (secondary N) is 1. The summed E-state index contributed by atoms with van der Waals surface area (Å²) in [6, 6.07) is 0. The SMILES string of the molecule is C[C@@H]1[C@@H]2CN[C@@]1(C(=O)O)C2.Cl. The molecule has 0 radical (unpaired) electrons. The number of aliphatic carboxylic acids is 1. The van der Waals surface area contributed by atoms with Crippen LogP contribution < -0.4 is 5.32 Å². The lowest BCUT2D eigenvalue weighted by Crippen LogP contribution is -2.57. The Morgan fingerprint density at radius 2 is 2.36 bits per heavy atom. The van der Waals surface area contributed by atoms with Crippen LogP contribution in [0.2, 0.25) is 0 Å². The van der Waals surface area contributed by atoms with Gasteiger partial charge >= 0.3 is 5.97 Å². The van der Waals surface area contributed by atoms with E-state index in [9.17, 15) is 4.79 Å². The molecule has 3 atom stereocenters. The van der Waals surface area contributed by atoms with Gasteiger partial charge in [-0.2, -0.15) is 0 Å². The highest BCUT2D eigenvalue weighted by atomic mass is 35.5. The van der Waals surface area contributed by atoms with Gasteiger partial charge < -0.3 is 10.4 Å². The van der Waals surface area contributed by atoms with Gasteiger partial charge in [-0.3, -0.25) is 4.79 Å². The smallest absolute Gasteiger partial charge is 0.324 e. The van der Waals surface area contributed by atoms with Crippen molar-refractivity contribution in [1.82, 2.24) is 5.32 Å². The van der Waals surface area contributed by atoms with Gasteiger partial charge in [-0.25, -0.2) is 0 Å². The maximum Gasteiger partial charge on any atom is 0.324 e. The van der Waals surface area contributed by atoms with Crippen LogP contribution in [0, 0.1) is 11.8 Å². The van der Waals surface area contributed by atoms with Crippen molar-refractivity contribution in [3.05, 3.63) is 0 Å². The molecular weight excluding hydrogens is 166 g/mol. The van der Waals surface area contributed by atoms with Crippen molar-refractivity contribution in [2.75, 3.05) is 6.54 Å². The first-order valence-corrected chi connectivity index (χ1v) is 3.65. The Balaban J connectivity index is 0.000000605. The second-order valence-electron chi connectivity index (χ2n) is 3.41. The summed E-state index contributed by atoms with van der Waals surface area (Å²) in [6.45, 7) is 2.91. The van der Waals surface area contributed by atoms with Crippen LogP contribution in [0.25, 0.3) is 0 Å². The summed E-state index contributed by atoms with van der Waals surface area (Å²) in [5.74, 6) is 0.287. The van der Waals surface area contributed by atoms with E-state index in [4.69, 9.17) is 5.11 Å². The zero-order valence-electron chi connectivity index (χ0n) is 6.33. The third kappa shape index (κ3) is 0.811. The monoisotopic (exact) mass is 177 g/mol. The maximum atomic E-state index is 10.7. The lowest BCUT2D eigenvalue weighted by Gasteiger charge is -2.40. The standard InChI is InChI=1S/C7H11NO2.ClH/c1-4-5-2-7(4,6(9)10)8-3-5;/h4-5,8H,2-3H2,1H3,(H,9,10);1H/t4-,5+,7+;/m1./s1. The summed E-state index contributed by atoms with van der Waals surface area (Å²) in [4.78, 5) is 10.7. The summed E-state index contributed by atoms with van der Waals surface area (Å²) in [7, 11) is 0. The quantitative estimate of drug-likeness (QED) is 0.613. The molecule has 3 rings (SSSR count). The second-order valence-corrected chi connectivity index (χ2v) is 3.41. The number of carboxylic acid groups (broad SMARTS) is 1. The maximum absolute atomic E-state index is 10.7. The second kappa shape index (κ2) is 2.35. The molecule has 11 heavy (non-hydrogen) atoms. The number of fused-ring (bicyclic) bond motifs is 1. The van der Waals surface area contributed by atoms with Crippen LogP contribution in [0.1, 0.15) is 13.3 Å². The molecule has 0 spiro atoms. The Labute approximate surface area is 71.6 Å². The Bertz CT molecular complexity index is 193. The van der Waals surface area contributed by atoms with Crippen molar-refractivity contribution in [1.29, 1.82) is 0 Å². The first kappa shape index (κ1) is 8.81. The fourth-order valence-electron chi connectivity index (χ4n) is 2.17. The number of rotatable bonds is 1. The number of carboxylic acids is 1. The summed E-state index contributed by atoms with van der Waals surface area (Å²) in [5, 5.41) is 11.9. The minimum Gasteiger partial charge on any atom is -0.480 e. The molecule has 0 aromatic heterocycles. The predicted molar refractivity (Wildman–Crippen MR) is 42.9 cm³/mol. The van der Waals surface area contributed by atoms with Gasteiger partial charge in [-0.1, -0.05) is 6.92 Å². The van der Waals surface area contributed by atoms with Gasteiger partial charge in [-0.05, 0) is 24.8 Å². The Morgan fingerprint density at radius 3 is 2.55 bits per heavy atom. The fourth-order valence-corrected chi connectivity index (χ4v) is 2.17. The van der Waals surface area contributed by atoms with Crippen molar-refractivity contribution < 1.29 is 9.90 Å². The van der Waals surface area contributed by atoms with Gasteiger partial charge in [0.05, 0.1) is 0 Å². The molecule has 3 fully saturated rings. The van der Waals surface area contributed by atoms with Crippen LogP contribution in [-0.4, -0.2) is 23.2 Å². The van der Waals surface area contributed by atoms with Crippen LogP contribution in [0.3, 0.4) is 0 Å². The first-order valence-electron chi connectivity index (χ1n) is 3.65. The number of hydrogen-bond acceptors (Lipinski definition) is 2. The van der Waals surface area contributed by atoms with Gasteiger partial charge in [0.1, 0.15) is 5.54 Å². The fraction of sp³-hybridized carbons (Fsp3) is 0.857. The molecule has 2 bridgehead atoms. The van der Waals surface area contributed by atoms with Gasteiger partial charge in [0, 0.05) is 0 Å². The van der Waals surface area contributed by atoms with Gasteiger partial charge in [0.25, 0.3) is 0 Å². The highest BCUT2D eigenvalue weighted by molar-refractivity contribution is 5.85. The average Bonchev–Trinajstić information content (AvgIpc) is 2.41. The molecular formula is C7H12ClNO2. The van der Waals surface area contributed by atoms with E-state index in [-0.39, 0.29) is 12.4 Å². The largest absolute Gasteiger partial charge is 0.480 e. The molecule has 2 aliphatic heterocycles. The zero-order chi connectivity index (χ0) is 7.35. The molecule has 0 aromatic carbocycles. The summed E-state index contributed by atoms with van der Waals surface area (Å²) < 4.78 is 0. The highest BCUT2D eigenvalue weighted by Crippen LogP contribution is 2.48. The molecule has 1 saturated carbocycles. The lowest BCUT2D eigenvalue weighted by atomic mass is 9.64. The molecule has 64 valence electrons. The topological polar surface area (TPSA) is 49.3 Å². The lowest BCUT2D eigenvalue weighted by molar-refractivity contribution is -0.150. The van der Waals surface area contributed by atoms with E-state index in [1.807, 2.05) is 6.92 Å². The number of carbonyl (C=O) groups is 1. The molecule has 2 N–H and O–H groups in total. The minimum atomic E-state index is -0.672. The van der Waals surface area contributed by atoms with Crippen molar-refractivity contribution in [2.45, 2.75) is 18.9 Å². The van der Waals surface area contributed by atoms with Crippen LogP contribution in [0.5, 0.6) is 0 Å². The van der Waals surface area contributed by atoms with E-state index in [0.29, 0.717) is 11.8 Å². The zero-order valence-corrected chi connectivity index (χ0v) is 7.15. The minimum absolute atomic E-state index is 0. The highest BCUT2D eigenvalue weighted by Gasteiger charge is 2.61. The van der Waals surface area contributed by atoms with Crippen LogP contribution >= 0.6 is 12.4 Å². The summed E-state index contributed by atoms with van der Waals surface area (Å²) >= 11 is 0. The average molecular weight is 178 g/mol. The number of hydrogen-bond donors (Lipinski definition) is 2. The molecule has 2 heterocycles. The number of halogens is 1. The van der Waals surface area contributed by atoms with E-state index in [1.165, 1.54) is 0 Å². The van der Waals surface area contributed by atoms with E-state index in [0.717, 1.165) is 13.0 Å². The Hall–Kier alpha value is -0.280. The van der Waals surface area contributed by atoms with Crippen LogP contribution in [0.15, 0.2) is 0 Å². The van der Waals surface area contributed by atoms with E-state index in [2.05, 4.69) is 5.32 Å². The van der Waals surface area contributed by atoms with Crippen molar-refractivity contribution >= 4 is 18.4 Å². The molecule has 0 unspecified atom stereocenters. The molecule has 3 aliphatic rings. The predicted octanol–water partition coefficient (Wildman–Crippen LogP) is 0.491. The van der Waals surface area contributed by atoms with Crippen molar-refractivity contribution in [2.24, 2.45) is 11.8 Å². The molecule has 0 aromatic rings. The van der Waals surface area contributed by atoms with Crippen molar-refractivity contribution in [3.8, 4) is 0 Å². The Morgan fingerprint density at radius 1 is 1.73 bits per heavy atom. The van der Waals surface area contributed by atoms with E-state index >= 15 is 0 Å². The van der Waals surface area contributed by atoms with E-state index in [1.54, 1.807) is 0 Å². The molecule has 0 amide bonds. The molecule has 3 nitrogen and oxygen atoms in total. The third-order valence-corrected chi connectivity index (χ3v) is 3.13. The van der Waals surface area contributed by atoms with E-state index < -0.39 is 11.5 Å². The molecule has 2 saturated heterocycles. The molecule has 4 heteroatoms. The van der Waals surface area contributed by atoms with Crippen LogP contribution in [-0.2, 0) is 4.79 Å². The third-order valence-electron chi connectivity index (χ3n) is 3.13.